The van der Waals surface area contributed by atoms with Crippen molar-refractivity contribution in [1.29, 1.82) is 0 Å². The monoisotopic (exact) mass is 383 g/mol. The van der Waals surface area contributed by atoms with Crippen LogP contribution in [0.25, 0.3) is 0 Å². The number of hydrogen-bond acceptors (Lipinski definition) is 4. The predicted octanol–water partition coefficient (Wildman–Crippen LogP) is 4.29. The summed E-state index contributed by atoms with van der Waals surface area (Å²) < 4.78 is 25.3. The van der Waals surface area contributed by atoms with Crippen LogP contribution in [0.1, 0.15) is 0 Å². The molecule has 0 aromatic carbocycles. The van der Waals surface area contributed by atoms with E-state index in [-0.39, 0.29) is 0 Å². The first-order chi connectivity index (χ1) is 9.04. The molecule has 21 heavy (non-hydrogen) atoms. The minimum absolute atomic E-state index is 0.408. The third kappa shape index (κ3) is 12.1. The van der Waals surface area contributed by atoms with Gasteiger partial charge in [-0.05, 0) is 52.4 Å². The largest absolute Gasteiger partial charge is 0.467 e. The molecule has 0 saturated carbocycles. The Hall–Kier alpha value is 0.924. The zero-order chi connectivity index (χ0) is 17.1. The van der Waals surface area contributed by atoms with Crippen molar-refractivity contribution in [2.45, 2.75) is 72.0 Å². The van der Waals surface area contributed by atoms with Gasteiger partial charge in [0.15, 0.2) is 16.6 Å². The first-order valence-electron chi connectivity index (χ1n) is 7.57. The van der Waals surface area contributed by atoms with Crippen molar-refractivity contribution < 1.29 is 16.8 Å². The molecule has 0 aliphatic heterocycles. The van der Waals surface area contributed by atoms with Gasteiger partial charge in [-0.3, -0.25) is 0 Å². The molecule has 0 spiro atoms. The summed E-state index contributed by atoms with van der Waals surface area (Å²) in [7, 11) is -8.74. The van der Waals surface area contributed by atoms with Crippen molar-refractivity contribution in [3.63, 3.8) is 0 Å². The molecule has 0 aromatic heterocycles. The second kappa shape index (κ2) is 7.66. The van der Waals surface area contributed by atoms with Crippen LogP contribution in [0, 0.1) is 0 Å². The summed E-state index contributed by atoms with van der Waals surface area (Å²) >= 11 is 0. The lowest BCUT2D eigenvalue weighted by atomic mass is 11.7. The van der Waals surface area contributed by atoms with Crippen LogP contribution in [0.2, 0.25) is 72.0 Å². The molecule has 0 saturated heterocycles. The molecular weight excluding hydrogens is 349 g/mol. The minimum atomic E-state index is -2.66. The second-order valence-electron chi connectivity index (χ2n) is 8.29. The van der Waals surface area contributed by atoms with E-state index in [1.807, 2.05) is 6.55 Å². The predicted molar refractivity (Wildman–Crippen MR) is 102 cm³/mol. The van der Waals surface area contributed by atoms with Gasteiger partial charge in [0.2, 0.25) is 0 Å². The molecule has 0 aliphatic carbocycles. The van der Waals surface area contributed by atoms with Crippen LogP contribution in [0.5, 0.6) is 0 Å². The molecule has 0 rings (SSSR count). The van der Waals surface area contributed by atoms with E-state index in [2.05, 4.69) is 65.5 Å². The lowest BCUT2D eigenvalue weighted by molar-refractivity contribution is 0.208. The zero-order valence-electron chi connectivity index (χ0n) is 15.8. The molecule has 127 valence electrons. The summed E-state index contributed by atoms with van der Waals surface area (Å²) in [6.07, 6.45) is 0.828. The smallest absolute Gasteiger partial charge is 0.417 e. The fraction of sp³-hybridized carbons (Fsp3) is 1.00. The van der Waals surface area contributed by atoms with Crippen molar-refractivity contribution in [3.05, 3.63) is 0 Å². The van der Waals surface area contributed by atoms with Gasteiger partial charge in [-0.1, -0.05) is 13.1 Å². The normalized spacial score (nSPS) is 14.9. The van der Waals surface area contributed by atoms with Crippen LogP contribution in [-0.4, -0.2) is 49.0 Å². The lowest BCUT2D eigenvalue weighted by Gasteiger charge is -2.41. The van der Waals surface area contributed by atoms with Gasteiger partial charge in [0.1, 0.15) is 0 Å². The quantitative estimate of drug-likeness (QED) is 0.557. The Morgan fingerprint density at radius 3 is 1.33 bits per heavy atom. The zero-order valence-corrected chi connectivity index (χ0v) is 20.8. The Labute approximate surface area is 138 Å². The molecule has 0 amide bonds. The van der Waals surface area contributed by atoms with Crippen molar-refractivity contribution in [3.8, 4) is 0 Å². The molecule has 0 heterocycles. The number of rotatable bonds is 9. The Balaban J connectivity index is 5.04. The van der Waals surface area contributed by atoms with Crippen molar-refractivity contribution in [1.82, 2.24) is 0 Å². The third-order valence-electron chi connectivity index (χ3n) is 2.12. The third-order valence-corrected chi connectivity index (χ3v) is 15.3. The molecule has 9 heteroatoms. The summed E-state index contributed by atoms with van der Waals surface area (Å²) in [5.74, 6) is 0. The highest BCUT2D eigenvalue weighted by Crippen LogP contribution is 2.25. The summed E-state index contributed by atoms with van der Waals surface area (Å²) in [6, 6.07) is 0. The average Bonchev–Trinajstić information content (AvgIpc) is 2.05. The van der Waals surface area contributed by atoms with Gasteiger partial charge in [-0.15, -0.1) is 0 Å². The lowest BCUT2D eigenvalue weighted by Crippen LogP contribution is -2.60. The van der Waals surface area contributed by atoms with Crippen LogP contribution in [0.15, 0.2) is 0 Å². The van der Waals surface area contributed by atoms with E-state index in [9.17, 15) is 0 Å². The van der Waals surface area contributed by atoms with Gasteiger partial charge in [0, 0.05) is 12.8 Å². The summed E-state index contributed by atoms with van der Waals surface area (Å²) in [6.45, 7) is 23.9. The molecule has 0 N–H and O–H groups in total. The maximum atomic E-state index is 6.42. The maximum absolute atomic E-state index is 6.42. The van der Waals surface area contributed by atoms with Crippen LogP contribution >= 0.6 is 0 Å². The van der Waals surface area contributed by atoms with E-state index in [0.717, 1.165) is 6.23 Å². The first-order valence-corrected chi connectivity index (χ1v) is 22.1. The SMILES string of the molecule is C[Si](C)CO[Si](C)(C)O[Si](C)(O[Si](C)(C)C)O[Si](C)(C)C. The molecule has 0 fully saturated rings. The van der Waals surface area contributed by atoms with Gasteiger partial charge in [-0.25, -0.2) is 0 Å². The van der Waals surface area contributed by atoms with E-state index in [1.165, 1.54) is 0 Å². The van der Waals surface area contributed by atoms with Gasteiger partial charge in [-0.2, -0.15) is 0 Å². The van der Waals surface area contributed by atoms with Crippen LogP contribution in [0.4, 0.5) is 0 Å². The Bertz CT molecular complexity index is 307. The molecule has 4 nitrogen and oxygen atoms in total. The summed E-state index contributed by atoms with van der Waals surface area (Å²) in [5.41, 5.74) is 0. The van der Waals surface area contributed by atoms with Gasteiger partial charge in [0.25, 0.3) is 0 Å². The Kier molecular flexibility index (Phi) is 8.00. The van der Waals surface area contributed by atoms with E-state index < -0.39 is 42.8 Å². The molecular formula is C12H35O4Si5. The van der Waals surface area contributed by atoms with Gasteiger partial charge >= 0.3 is 17.4 Å². The average molecular weight is 384 g/mol. The fourth-order valence-corrected chi connectivity index (χ4v) is 18.8. The van der Waals surface area contributed by atoms with Gasteiger partial charge in [0.05, 0.1) is 8.80 Å². The Morgan fingerprint density at radius 1 is 0.667 bits per heavy atom. The second-order valence-corrected chi connectivity index (χ2v) is 26.7. The van der Waals surface area contributed by atoms with E-state index in [4.69, 9.17) is 16.8 Å². The fourth-order valence-electron chi connectivity index (χ4n) is 1.97. The molecule has 0 atom stereocenters. The van der Waals surface area contributed by atoms with Crippen LogP contribution in [-0.2, 0) is 16.8 Å². The highest BCUT2D eigenvalue weighted by Gasteiger charge is 2.47. The highest BCUT2D eigenvalue weighted by molar-refractivity contribution is 6.88. The first kappa shape index (κ1) is 21.9. The van der Waals surface area contributed by atoms with E-state index >= 15 is 0 Å². The molecule has 1 radical (unpaired) electrons. The van der Waals surface area contributed by atoms with Gasteiger partial charge < -0.3 is 16.8 Å². The topological polar surface area (TPSA) is 36.9 Å². The Morgan fingerprint density at radius 2 is 1.05 bits per heavy atom. The number of hydrogen-bond donors (Lipinski definition) is 0. The van der Waals surface area contributed by atoms with Crippen molar-refractivity contribution in [2.24, 2.45) is 0 Å². The molecule has 0 bridgehead atoms. The summed E-state index contributed by atoms with van der Waals surface area (Å²) in [4.78, 5) is 0. The standard InChI is InChI=1S/C12H35O4Si5/c1-17(2)12-13-20(9,10)16-21(11,14-18(3,4)5)15-19(6,7)8/h12H2,1-11H3. The van der Waals surface area contributed by atoms with Crippen molar-refractivity contribution >= 4 is 42.8 Å². The van der Waals surface area contributed by atoms with E-state index in [1.54, 1.807) is 0 Å². The maximum Gasteiger partial charge on any atom is 0.467 e. The highest BCUT2D eigenvalue weighted by atomic mass is 28.5. The summed E-state index contributed by atoms with van der Waals surface area (Å²) in [5, 5.41) is 0. The molecule has 0 unspecified atom stereocenters. The molecule has 0 aromatic rings. The van der Waals surface area contributed by atoms with Crippen molar-refractivity contribution in [2.75, 3.05) is 6.23 Å². The van der Waals surface area contributed by atoms with Crippen LogP contribution < -0.4 is 0 Å². The van der Waals surface area contributed by atoms with Crippen LogP contribution in [0.3, 0.4) is 0 Å². The molecule has 0 aliphatic rings. The van der Waals surface area contributed by atoms with E-state index in [0.29, 0.717) is 0 Å². The minimum Gasteiger partial charge on any atom is -0.417 e.